The first kappa shape index (κ1) is 11.3. The summed E-state index contributed by atoms with van der Waals surface area (Å²) < 4.78 is 0. The maximum atomic E-state index is 5.82. The Hall–Kier alpha value is -1.19. The molecule has 84 valence electrons. The number of rotatable bonds is 3. The van der Waals surface area contributed by atoms with Crippen LogP contribution >= 0.6 is 11.3 Å². The molecule has 3 heteroatoms. The van der Waals surface area contributed by atoms with Crippen LogP contribution < -0.4 is 5.73 Å². The molecule has 0 aliphatic rings. The van der Waals surface area contributed by atoms with Crippen molar-refractivity contribution in [2.75, 3.05) is 0 Å². The number of benzene rings is 1. The second-order valence-electron chi connectivity index (χ2n) is 3.88. The van der Waals surface area contributed by atoms with Crippen molar-refractivity contribution in [2.24, 2.45) is 5.73 Å². The third kappa shape index (κ3) is 2.15. The monoisotopic (exact) mass is 232 g/mol. The second-order valence-corrected chi connectivity index (χ2v) is 4.74. The molecule has 0 fully saturated rings. The van der Waals surface area contributed by atoms with Gasteiger partial charge in [0.15, 0.2) is 0 Å². The van der Waals surface area contributed by atoms with Crippen molar-refractivity contribution in [3.05, 3.63) is 40.9 Å². The largest absolute Gasteiger partial charge is 0.323 e. The molecule has 2 aromatic rings. The smallest absolute Gasteiger partial charge is 0.123 e. The number of hydrogen-bond acceptors (Lipinski definition) is 3. The van der Waals surface area contributed by atoms with E-state index in [9.17, 15) is 0 Å². The van der Waals surface area contributed by atoms with E-state index in [2.05, 4.69) is 36.2 Å². The van der Waals surface area contributed by atoms with Crippen molar-refractivity contribution in [3.8, 4) is 10.6 Å². The maximum Gasteiger partial charge on any atom is 0.123 e. The highest BCUT2D eigenvalue weighted by Gasteiger charge is 2.09. The van der Waals surface area contributed by atoms with Gasteiger partial charge in [-0.3, -0.25) is 0 Å². The highest BCUT2D eigenvalue weighted by atomic mass is 32.1. The Bertz CT molecular complexity index is 474. The first-order valence-electron chi connectivity index (χ1n) is 5.51. The van der Waals surface area contributed by atoms with Gasteiger partial charge in [-0.05, 0) is 18.9 Å². The maximum absolute atomic E-state index is 5.82. The summed E-state index contributed by atoms with van der Waals surface area (Å²) in [7, 11) is 0. The summed E-state index contributed by atoms with van der Waals surface area (Å²) in [6.45, 7) is 4.13. The minimum absolute atomic E-state index is 0.0128. The van der Waals surface area contributed by atoms with Crippen LogP contribution in [0.25, 0.3) is 10.6 Å². The third-order valence-corrected chi connectivity index (χ3v) is 3.51. The summed E-state index contributed by atoms with van der Waals surface area (Å²) in [6.07, 6.45) is 1.03. The van der Waals surface area contributed by atoms with Crippen LogP contribution in [0.5, 0.6) is 0 Å². The lowest BCUT2D eigenvalue weighted by Crippen LogP contribution is -2.04. The lowest BCUT2D eigenvalue weighted by molar-refractivity contribution is 0.790. The zero-order chi connectivity index (χ0) is 11.5. The van der Waals surface area contributed by atoms with Crippen LogP contribution in [-0.4, -0.2) is 4.98 Å². The van der Waals surface area contributed by atoms with Crippen molar-refractivity contribution in [3.63, 3.8) is 0 Å². The van der Waals surface area contributed by atoms with Crippen LogP contribution in [0.15, 0.2) is 29.6 Å². The van der Waals surface area contributed by atoms with Crippen molar-refractivity contribution < 1.29 is 0 Å². The number of aromatic nitrogens is 1. The van der Waals surface area contributed by atoms with Gasteiger partial charge in [0.1, 0.15) is 5.01 Å². The summed E-state index contributed by atoms with van der Waals surface area (Å²) in [5.41, 5.74) is 9.38. The molecular weight excluding hydrogens is 216 g/mol. The van der Waals surface area contributed by atoms with Gasteiger partial charge in [0.2, 0.25) is 0 Å². The van der Waals surface area contributed by atoms with Crippen molar-refractivity contribution >= 4 is 11.3 Å². The molecule has 1 heterocycles. The summed E-state index contributed by atoms with van der Waals surface area (Å²) in [4.78, 5) is 4.58. The van der Waals surface area contributed by atoms with Gasteiger partial charge >= 0.3 is 0 Å². The van der Waals surface area contributed by atoms with Crippen LogP contribution in [0.4, 0.5) is 0 Å². The van der Waals surface area contributed by atoms with Gasteiger partial charge in [0.05, 0.1) is 5.69 Å². The van der Waals surface area contributed by atoms with Crippen LogP contribution in [-0.2, 0) is 6.42 Å². The summed E-state index contributed by atoms with van der Waals surface area (Å²) in [6, 6.07) is 8.42. The van der Waals surface area contributed by atoms with E-state index in [0.29, 0.717) is 0 Å². The highest BCUT2D eigenvalue weighted by Crippen LogP contribution is 2.28. The minimum Gasteiger partial charge on any atom is -0.323 e. The van der Waals surface area contributed by atoms with Gasteiger partial charge in [-0.25, -0.2) is 4.98 Å². The van der Waals surface area contributed by atoms with Gasteiger partial charge in [-0.1, -0.05) is 31.2 Å². The Labute approximate surface area is 100 Å². The van der Waals surface area contributed by atoms with E-state index in [0.717, 1.165) is 17.1 Å². The van der Waals surface area contributed by atoms with Gasteiger partial charge < -0.3 is 5.73 Å². The highest BCUT2D eigenvalue weighted by molar-refractivity contribution is 7.13. The Kier molecular flexibility index (Phi) is 3.36. The van der Waals surface area contributed by atoms with Gasteiger partial charge in [0, 0.05) is 17.0 Å². The van der Waals surface area contributed by atoms with Crippen molar-refractivity contribution in [1.82, 2.24) is 4.98 Å². The van der Waals surface area contributed by atoms with Crippen molar-refractivity contribution in [2.45, 2.75) is 26.3 Å². The average molecular weight is 232 g/mol. The van der Waals surface area contributed by atoms with E-state index < -0.39 is 0 Å². The Morgan fingerprint density at radius 3 is 2.75 bits per heavy atom. The molecule has 1 aromatic carbocycles. The standard InChI is InChI=1S/C13H16N2S/c1-3-10-6-4-5-7-11(10)13-15-12(8-16-13)9(2)14/h4-9H,3,14H2,1-2H3. The van der Waals surface area contributed by atoms with Crippen LogP contribution in [0.1, 0.15) is 31.1 Å². The molecule has 0 aliphatic carbocycles. The molecule has 0 amide bonds. The van der Waals surface area contributed by atoms with Gasteiger partial charge in [-0.15, -0.1) is 11.3 Å². The molecule has 1 aromatic heterocycles. The van der Waals surface area contributed by atoms with Crippen LogP contribution in [0.3, 0.4) is 0 Å². The first-order valence-corrected chi connectivity index (χ1v) is 6.39. The van der Waals surface area contributed by atoms with E-state index in [1.54, 1.807) is 11.3 Å². The zero-order valence-electron chi connectivity index (χ0n) is 9.60. The Morgan fingerprint density at radius 1 is 1.38 bits per heavy atom. The van der Waals surface area contributed by atoms with Gasteiger partial charge in [0.25, 0.3) is 0 Å². The predicted molar refractivity (Wildman–Crippen MR) is 69.5 cm³/mol. The molecule has 0 radical (unpaired) electrons. The summed E-state index contributed by atoms with van der Waals surface area (Å²) in [5, 5.41) is 3.12. The number of hydrogen-bond donors (Lipinski definition) is 1. The molecule has 1 unspecified atom stereocenters. The molecule has 0 saturated carbocycles. The van der Waals surface area contributed by atoms with Crippen LogP contribution in [0.2, 0.25) is 0 Å². The molecule has 0 saturated heterocycles. The molecular formula is C13H16N2S. The number of aryl methyl sites for hydroxylation is 1. The average Bonchev–Trinajstić information content (AvgIpc) is 2.78. The molecule has 0 bridgehead atoms. The van der Waals surface area contributed by atoms with E-state index in [1.165, 1.54) is 11.1 Å². The topological polar surface area (TPSA) is 38.9 Å². The van der Waals surface area contributed by atoms with Crippen LogP contribution in [0, 0.1) is 0 Å². The first-order chi connectivity index (χ1) is 7.72. The minimum atomic E-state index is 0.0128. The molecule has 1 atom stereocenters. The molecule has 2 nitrogen and oxygen atoms in total. The van der Waals surface area contributed by atoms with Crippen molar-refractivity contribution in [1.29, 1.82) is 0 Å². The SMILES string of the molecule is CCc1ccccc1-c1nc(C(C)N)cs1. The molecule has 2 N–H and O–H groups in total. The number of nitrogens with two attached hydrogens (primary N) is 1. The molecule has 16 heavy (non-hydrogen) atoms. The summed E-state index contributed by atoms with van der Waals surface area (Å²) in [5.74, 6) is 0. The summed E-state index contributed by atoms with van der Waals surface area (Å²) >= 11 is 1.67. The Balaban J connectivity index is 2.42. The van der Waals surface area contributed by atoms with E-state index in [1.807, 2.05) is 12.3 Å². The van der Waals surface area contributed by atoms with Gasteiger partial charge in [-0.2, -0.15) is 0 Å². The van der Waals surface area contributed by atoms with E-state index in [-0.39, 0.29) is 6.04 Å². The fraction of sp³-hybridized carbons (Fsp3) is 0.308. The third-order valence-electron chi connectivity index (χ3n) is 2.62. The molecule has 0 aliphatic heterocycles. The fourth-order valence-electron chi connectivity index (χ4n) is 1.66. The lowest BCUT2D eigenvalue weighted by atomic mass is 10.1. The lowest BCUT2D eigenvalue weighted by Gasteiger charge is -2.04. The second kappa shape index (κ2) is 4.76. The zero-order valence-corrected chi connectivity index (χ0v) is 10.4. The van der Waals surface area contributed by atoms with E-state index in [4.69, 9.17) is 5.73 Å². The molecule has 0 spiro atoms. The van der Waals surface area contributed by atoms with E-state index >= 15 is 0 Å². The quantitative estimate of drug-likeness (QED) is 0.881. The normalized spacial score (nSPS) is 12.7. The predicted octanol–water partition coefficient (Wildman–Crippen LogP) is 3.39. The fourth-order valence-corrected chi connectivity index (χ4v) is 2.64. The molecule has 2 rings (SSSR count). The number of thiazole rings is 1. The Morgan fingerprint density at radius 2 is 2.12 bits per heavy atom. The number of nitrogens with zero attached hydrogens (tertiary/aromatic N) is 1.